The summed E-state index contributed by atoms with van der Waals surface area (Å²) < 4.78 is 5.13. The molecule has 0 bridgehead atoms. The number of aliphatic hydroxyl groups is 1. The van der Waals surface area contributed by atoms with Crippen LogP contribution < -0.4 is 10.1 Å². The summed E-state index contributed by atoms with van der Waals surface area (Å²) in [5, 5.41) is 13.5. The third kappa shape index (κ3) is 4.31. The zero-order chi connectivity index (χ0) is 15.2. The number of nitrogens with one attached hydrogen (secondary N) is 1. The second-order valence-corrected chi connectivity index (χ2v) is 5.34. The number of hydrogen-bond acceptors (Lipinski definition) is 3. The first kappa shape index (κ1) is 15.5. The standard InChI is InChI=1S/C18H23NO2/c1-13-4-7-16(10-14(13)2)18(20)12-19-11-15-5-8-17(21-3)9-6-15/h4-10,18-20H,11-12H2,1-3H3. The van der Waals surface area contributed by atoms with Gasteiger partial charge >= 0.3 is 0 Å². The molecule has 1 atom stereocenters. The molecule has 2 aromatic carbocycles. The Hall–Kier alpha value is -1.84. The van der Waals surface area contributed by atoms with Gasteiger partial charge in [-0.1, -0.05) is 30.3 Å². The normalized spacial score (nSPS) is 12.2. The molecule has 0 spiro atoms. The number of rotatable bonds is 6. The smallest absolute Gasteiger partial charge is 0.118 e. The van der Waals surface area contributed by atoms with Gasteiger partial charge in [-0.2, -0.15) is 0 Å². The Kier molecular flexibility index (Phi) is 5.37. The topological polar surface area (TPSA) is 41.5 Å². The van der Waals surface area contributed by atoms with Crippen LogP contribution in [0.15, 0.2) is 42.5 Å². The predicted molar refractivity (Wildman–Crippen MR) is 85.6 cm³/mol. The van der Waals surface area contributed by atoms with Crippen molar-refractivity contribution in [1.29, 1.82) is 0 Å². The zero-order valence-electron chi connectivity index (χ0n) is 12.9. The lowest BCUT2D eigenvalue weighted by atomic mass is 10.0. The summed E-state index contributed by atoms with van der Waals surface area (Å²) in [5.41, 5.74) is 4.59. The van der Waals surface area contributed by atoms with Crippen LogP contribution in [0.4, 0.5) is 0 Å². The molecule has 0 aliphatic rings. The zero-order valence-corrected chi connectivity index (χ0v) is 12.9. The van der Waals surface area contributed by atoms with Gasteiger partial charge in [0.15, 0.2) is 0 Å². The highest BCUT2D eigenvalue weighted by Gasteiger charge is 2.08. The fraction of sp³-hybridized carbons (Fsp3) is 0.333. The van der Waals surface area contributed by atoms with Gasteiger partial charge in [-0.15, -0.1) is 0 Å². The van der Waals surface area contributed by atoms with Crippen molar-refractivity contribution in [2.75, 3.05) is 13.7 Å². The molecule has 21 heavy (non-hydrogen) atoms. The van der Waals surface area contributed by atoms with Crippen molar-refractivity contribution in [2.45, 2.75) is 26.5 Å². The van der Waals surface area contributed by atoms with Crippen LogP contribution in [-0.2, 0) is 6.54 Å². The van der Waals surface area contributed by atoms with Gasteiger partial charge in [0.1, 0.15) is 5.75 Å². The number of aryl methyl sites for hydroxylation is 2. The van der Waals surface area contributed by atoms with Crippen molar-refractivity contribution in [3.8, 4) is 5.75 Å². The highest BCUT2D eigenvalue weighted by atomic mass is 16.5. The summed E-state index contributed by atoms with van der Waals surface area (Å²) in [6.07, 6.45) is -0.484. The Morgan fingerprint density at radius 3 is 2.38 bits per heavy atom. The summed E-state index contributed by atoms with van der Waals surface area (Å²) in [7, 11) is 1.66. The van der Waals surface area contributed by atoms with Crippen LogP contribution in [0, 0.1) is 13.8 Å². The molecule has 0 fully saturated rings. The third-order valence-electron chi connectivity index (χ3n) is 3.74. The molecule has 0 aliphatic carbocycles. The van der Waals surface area contributed by atoms with Gasteiger partial charge in [-0.25, -0.2) is 0 Å². The van der Waals surface area contributed by atoms with Gasteiger partial charge in [0.05, 0.1) is 13.2 Å². The van der Waals surface area contributed by atoms with Crippen molar-refractivity contribution in [2.24, 2.45) is 0 Å². The van der Waals surface area contributed by atoms with E-state index in [4.69, 9.17) is 4.74 Å². The van der Waals surface area contributed by atoms with E-state index in [-0.39, 0.29) is 0 Å². The maximum Gasteiger partial charge on any atom is 0.118 e. The molecule has 0 aliphatic heterocycles. The molecule has 0 aromatic heterocycles. The van der Waals surface area contributed by atoms with Gasteiger partial charge in [-0.3, -0.25) is 0 Å². The van der Waals surface area contributed by atoms with E-state index in [0.29, 0.717) is 6.54 Å². The lowest BCUT2D eigenvalue weighted by molar-refractivity contribution is 0.174. The molecule has 0 radical (unpaired) electrons. The van der Waals surface area contributed by atoms with E-state index < -0.39 is 6.10 Å². The average Bonchev–Trinajstić information content (AvgIpc) is 2.50. The van der Waals surface area contributed by atoms with E-state index in [2.05, 4.69) is 31.3 Å². The first-order valence-electron chi connectivity index (χ1n) is 7.19. The van der Waals surface area contributed by atoms with E-state index in [1.807, 2.05) is 30.3 Å². The fourth-order valence-corrected chi connectivity index (χ4v) is 2.19. The minimum Gasteiger partial charge on any atom is -0.497 e. The largest absolute Gasteiger partial charge is 0.497 e. The predicted octanol–water partition coefficient (Wildman–Crippen LogP) is 3.14. The molecular formula is C18H23NO2. The van der Waals surface area contributed by atoms with E-state index in [1.54, 1.807) is 7.11 Å². The second kappa shape index (κ2) is 7.25. The highest BCUT2D eigenvalue weighted by molar-refractivity contribution is 5.31. The molecule has 3 heteroatoms. The van der Waals surface area contributed by atoms with Crippen molar-refractivity contribution >= 4 is 0 Å². The number of aliphatic hydroxyl groups excluding tert-OH is 1. The van der Waals surface area contributed by atoms with Gasteiger partial charge < -0.3 is 15.2 Å². The summed E-state index contributed by atoms with van der Waals surface area (Å²) in [4.78, 5) is 0. The van der Waals surface area contributed by atoms with Crippen LogP contribution in [0.2, 0.25) is 0 Å². The van der Waals surface area contributed by atoms with Crippen molar-refractivity contribution < 1.29 is 9.84 Å². The number of ether oxygens (including phenoxy) is 1. The fourth-order valence-electron chi connectivity index (χ4n) is 2.19. The van der Waals surface area contributed by atoms with Gasteiger partial charge in [0.2, 0.25) is 0 Å². The highest BCUT2D eigenvalue weighted by Crippen LogP contribution is 2.17. The van der Waals surface area contributed by atoms with E-state index in [1.165, 1.54) is 16.7 Å². The molecule has 0 heterocycles. The molecule has 112 valence electrons. The number of methoxy groups -OCH3 is 1. The van der Waals surface area contributed by atoms with Crippen molar-refractivity contribution in [1.82, 2.24) is 5.32 Å². The van der Waals surface area contributed by atoms with Gasteiger partial charge in [-0.05, 0) is 48.2 Å². The van der Waals surface area contributed by atoms with E-state index in [9.17, 15) is 5.11 Å². The maximum absolute atomic E-state index is 10.2. The monoisotopic (exact) mass is 285 g/mol. The summed E-state index contributed by atoms with van der Waals surface area (Å²) in [6, 6.07) is 14.0. The first-order chi connectivity index (χ1) is 10.1. The maximum atomic E-state index is 10.2. The second-order valence-electron chi connectivity index (χ2n) is 5.34. The minimum atomic E-state index is -0.484. The molecule has 0 amide bonds. The SMILES string of the molecule is COc1ccc(CNCC(O)c2ccc(C)c(C)c2)cc1. The molecule has 0 saturated heterocycles. The third-order valence-corrected chi connectivity index (χ3v) is 3.74. The molecule has 2 aromatic rings. The Morgan fingerprint density at radius 1 is 1.05 bits per heavy atom. The molecule has 3 nitrogen and oxygen atoms in total. The molecule has 1 unspecified atom stereocenters. The molecule has 0 saturated carbocycles. The Bertz CT molecular complexity index is 578. The molecule has 2 N–H and O–H groups in total. The summed E-state index contributed by atoms with van der Waals surface area (Å²) in [5.74, 6) is 0.855. The quantitative estimate of drug-likeness (QED) is 0.857. The Labute approximate surface area is 126 Å². The molecule has 2 rings (SSSR count). The van der Waals surface area contributed by atoms with Crippen LogP contribution in [0.3, 0.4) is 0 Å². The summed E-state index contributed by atoms with van der Waals surface area (Å²) in [6.45, 7) is 5.41. The lowest BCUT2D eigenvalue weighted by Crippen LogP contribution is -2.21. The van der Waals surface area contributed by atoms with Crippen LogP contribution in [0.25, 0.3) is 0 Å². The average molecular weight is 285 g/mol. The van der Waals surface area contributed by atoms with Crippen LogP contribution in [0.5, 0.6) is 5.75 Å². The van der Waals surface area contributed by atoms with Crippen LogP contribution in [0.1, 0.15) is 28.4 Å². The summed E-state index contributed by atoms with van der Waals surface area (Å²) >= 11 is 0. The minimum absolute atomic E-state index is 0.484. The first-order valence-corrected chi connectivity index (χ1v) is 7.19. The van der Waals surface area contributed by atoms with Gasteiger partial charge in [0, 0.05) is 13.1 Å². The van der Waals surface area contributed by atoms with E-state index in [0.717, 1.165) is 17.9 Å². The van der Waals surface area contributed by atoms with Crippen LogP contribution >= 0.6 is 0 Å². The Morgan fingerprint density at radius 2 is 1.76 bits per heavy atom. The number of hydrogen-bond donors (Lipinski definition) is 2. The van der Waals surface area contributed by atoms with Gasteiger partial charge in [0.25, 0.3) is 0 Å². The molecular weight excluding hydrogens is 262 g/mol. The lowest BCUT2D eigenvalue weighted by Gasteiger charge is -2.14. The van der Waals surface area contributed by atoms with Crippen molar-refractivity contribution in [3.63, 3.8) is 0 Å². The number of benzene rings is 2. The van der Waals surface area contributed by atoms with Crippen molar-refractivity contribution in [3.05, 3.63) is 64.7 Å². The Balaban J connectivity index is 1.85. The van der Waals surface area contributed by atoms with Crippen LogP contribution in [-0.4, -0.2) is 18.8 Å². The van der Waals surface area contributed by atoms with E-state index >= 15 is 0 Å².